The molecule has 9 heteroatoms. The minimum absolute atomic E-state index is 0.0490. The van der Waals surface area contributed by atoms with E-state index in [1.165, 1.54) is 29.4 Å². The zero-order valence-corrected chi connectivity index (χ0v) is 17.2. The molecule has 3 rings (SSSR count). The first kappa shape index (κ1) is 21.1. The number of fused-ring (bicyclic) bond motifs is 1. The molecule has 0 aliphatic rings. The van der Waals surface area contributed by atoms with Crippen LogP contribution in [0.5, 0.6) is 0 Å². The Hall–Kier alpha value is -3.65. The molecule has 2 heterocycles. The molecule has 3 aromatic rings. The number of rotatable bonds is 5. The Morgan fingerprint density at radius 2 is 1.97 bits per heavy atom. The molecule has 0 spiro atoms. The fraction of sp³-hybridized carbons (Fsp3) is 0.0952. The molecule has 0 saturated heterocycles. The van der Waals surface area contributed by atoms with E-state index in [1.807, 2.05) is 0 Å². The summed E-state index contributed by atoms with van der Waals surface area (Å²) in [6, 6.07) is 6.04. The Bertz CT molecular complexity index is 1190. The van der Waals surface area contributed by atoms with E-state index in [9.17, 15) is 9.18 Å². The van der Waals surface area contributed by atoms with E-state index in [0.717, 1.165) is 11.1 Å². The van der Waals surface area contributed by atoms with Gasteiger partial charge < -0.3 is 21.4 Å². The molecule has 1 aromatic carbocycles. The van der Waals surface area contributed by atoms with Crippen LogP contribution in [0, 0.1) is 5.82 Å². The van der Waals surface area contributed by atoms with Crippen LogP contribution >= 0.6 is 11.6 Å². The van der Waals surface area contributed by atoms with Crippen LogP contribution in [0.1, 0.15) is 5.56 Å². The second-order valence-corrected chi connectivity index (χ2v) is 7.07. The van der Waals surface area contributed by atoms with Gasteiger partial charge in [-0.3, -0.25) is 4.79 Å². The molecule has 0 saturated carbocycles. The van der Waals surface area contributed by atoms with Gasteiger partial charge in [-0.2, -0.15) is 0 Å². The predicted molar refractivity (Wildman–Crippen MR) is 118 cm³/mol. The van der Waals surface area contributed by atoms with Crippen LogP contribution in [-0.4, -0.2) is 40.7 Å². The number of amidine groups is 1. The first-order valence-corrected chi connectivity index (χ1v) is 9.20. The normalized spacial score (nSPS) is 12.3. The quantitative estimate of drug-likeness (QED) is 0.330. The van der Waals surface area contributed by atoms with Gasteiger partial charge in [0.05, 0.1) is 22.5 Å². The van der Waals surface area contributed by atoms with Crippen molar-refractivity contribution in [1.82, 2.24) is 14.9 Å². The largest absolute Gasteiger partial charge is 0.397 e. The Morgan fingerprint density at radius 1 is 1.30 bits per heavy atom. The smallest absolute Gasteiger partial charge is 0.256 e. The predicted octanol–water partition coefficient (Wildman–Crippen LogP) is 3.28. The Morgan fingerprint density at radius 3 is 2.60 bits per heavy atom. The van der Waals surface area contributed by atoms with Crippen LogP contribution in [0.25, 0.3) is 27.9 Å². The van der Waals surface area contributed by atoms with E-state index in [2.05, 4.69) is 21.5 Å². The summed E-state index contributed by atoms with van der Waals surface area (Å²) in [4.78, 5) is 24.7. The molecule has 0 aliphatic heterocycles. The van der Waals surface area contributed by atoms with Crippen molar-refractivity contribution in [3.05, 3.63) is 71.4 Å². The van der Waals surface area contributed by atoms with Crippen molar-refractivity contribution >= 4 is 40.1 Å². The number of carbonyl (C=O) groups excluding carboxylic acids is 1. The number of carbonyl (C=O) groups is 1. The molecule has 0 bridgehead atoms. The molecule has 154 valence electrons. The van der Waals surface area contributed by atoms with Gasteiger partial charge in [0.1, 0.15) is 17.3 Å². The van der Waals surface area contributed by atoms with E-state index >= 15 is 0 Å². The summed E-state index contributed by atoms with van der Waals surface area (Å²) in [6.45, 7) is 3.64. The van der Waals surface area contributed by atoms with Crippen LogP contribution in [0.15, 0.2) is 60.0 Å². The highest BCUT2D eigenvalue weighted by atomic mass is 35.5. The number of pyridine rings is 1. The monoisotopic (exact) mass is 426 g/mol. The first-order valence-electron chi connectivity index (χ1n) is 8.82. The molecule has 0 atom stereocenters. The van der Waals surface area contributed by atoms with Crippen molar-refractivity contribution in [2.75, 3.05) is 14.1 Å². The van der Waals surface area contributed by atoms with Gasteiger partial charge in [0.15, 0.2) is 0 Å². The molecule has 0 radical (unpaired) electrons. The van der Waals surface area contributed by atoms with Crippen molar-refractivity contribution in [3.63, 3.8) is 0 Å². The summed E-state index contributed by atoms with van der Waals surface area (Å²) in [7, 11) is 3.17. The summed E-state index contributed by atoms with van der Waals surface area (Å²) in [6.07, 6.45) is 4.54. The molecule has 0 fully saturated rings. The average Bonchev–Trinajstić information content (AvgIpc) is 3.16. The van der Waals surface area contributed by atoms with Gasteiger partial charge in [0, 0.05) is 43.0 Å². The van der Waals surface area contributed by atoms with Gasteiger partial charge in [0.25, 0.3) is 5.91 Å². The number of nitrogens with two attached hydrogens (primary N) is 2. The zero-order chi connectivity index (χ0) is 22.0. The molecule has 2 aromatic heterocycles. The fourth-order valence-electron chi connectivity index (χ4n) is 2.78. The molecule has 0 unspecified atom stereocenters. The Balaban J connectivity index is 2.01. The third kappa shape index (κ3) is 4.04. The highest BCUT2D eigenvalue weighted by Gasteiger charge is 2.16. The molecule has 7 nitrogen and oxygen atoms in total. The maximum Gasteiger partial charge on any atom is 0.256 e. The second-order valence-electron chi connectivity index (χ2n) is 6.70. The topological polar surface area (TPSA) is 113 Å². The van der Waals surface area contributed by atoms with Crippen molar-refractivity contribution in [2.45, 2.75) is 0 Å². The minimum Gasteiger partial charge on any atom is -0.397 e. The van der Waals surface area contributed by atoms with Gasteiger partial charge in [-0.25, -0.2) is 14.4 Å². The Kier molecular flexibility index (Phi) is 5.89. The minimum atomic E-state index is -0.361. The lowest BCUT2D eigenvalue weighted by atomic mass is 10.0. The molecular formula is C21H20ClFN6O. The SMILES string of the molecule is C=C(C(=O)N(C)C)/C(N)=N\C=C(/N)c1cnc2[nH]cc(-c3ccc(F)cc3)c2c1Cl. The van der Waals surface area contributed by atoms with Crippen LogP contribution in [0.4, 0.5) is 4.39 Å². The van der Waals surface area contributed by atoms with Crippen molar-refractivity contribution in [1.29, 1.82) is 0 Å². The van der Waals surface area contributed by atoms with Crippen molar-refractivity contribution in [3.8, 4) is 11.1 Å². The maximum atomic E-state index is 13.3. The number of aliphatic imine (C=N–C) groups is 1. The first-order chi connectivity index (χ1) is 14.2. The summed E-state index contributed by atoms with van der Waals surface area (Å²) in [5.41, 5.74) is 14.7. The summed E-state index contributed by atoms with van der Waals surface area (Å²) >= 11 is 6.62. The van der Waals surface area contributed by atoms with E-state index in [4.69, 9.17) is 23.1 Å². The molecule has 1 amide bonds. The number of H-pyrrole nitrogens is 1. The number of nitrogens with one attached hydrogen (secondary N) is 1. The van der Waals surface area contributed by atoms with Crippen LogP contribution in [-0.2, 0) is 4.79 Å². The standard InChI is InChI=1S/C21H20ClFN6O/c1-11(21(30)29(2)3)19(25)26-10-16(24)15-9-28-20-17(18(15)22)14(8-27-20)12-4-6-13(23)7-5-12/h4-10H,1,24H2,2-3H3,(H2,25,26)(H,27,28)/b16-10-. The molecule has 0 aliphatic carbocycles. The van der Waals surface area contributed by atoms with E-state index in [0.29, 0.717) is 21.6 Å². The molecular weight excluding hydrogens is 407 g/mol. The lowest BCUT2D eigenvalue weighted by Gasteiger charge is -2.11. The summed E-state index contributed by atoms with van der Waals surface area (Å²) in [5.74, 6) is -0.753. The maximum absolute atomic E-state index is 13.3. The van der Waals surface area contributed by atoms with Crippen LogP contribution in [0.2, 0.25) is 5.02 Å². The number of benzene rings is 1. The van der Waals surface area contributed by atoms with Gasteiger partial charge >= 0.3 is 0 Å². The third-order valence-electron chi connectivity index (χ3n) is 4.42. The fourth-order valence-corrected chi connectivity index (χ4v) is 3.13. The molecule has 5 N–H and O–H groups in total. The number of aromatic nitrogens is 2. The van der Waals surface area contributed by atoms with E-state index < -0.39 is 0 Å². The number of nitrogens with zero attached hydrogens (tertiary/aromatic N) is 3. The highest BCUT2D eigenvalue weighted by Crippen LogP contribution is 2.36. The average molecular weight is 427 g/mol. The van der Waals surface area contributed by atoms with Gasteiger partial charge in [-0.15, -0.1) is 0 Å². The second kappa shape index (κ2) is 8.38. The van der Waals surface area contributed by atoms with Crippen molar-refractivity contribution in [2.24, 2.45) is 16.5 Å². The van der Waals surface area contributed by atoms with Gasteiger partial charge in [-0.05, 0) is 17.7 Å². The van der Waals surface area contributed by atoms with E-state index in [1.54, 1.807) is 32.4 Å². The lowest BCUT2D eigenvalue weighted by molar-refractivity contribution is -0.124. The number of halogens is 2. The number of aromatic amines is 1. The van der Waals surface area contributed by atoms with Gasteiger partial charge in [0.2, 0.25) is 0 Å². The summed E-state index contributed by atoms with van der Waals surface area (Å²) < 4.78 is 13.3. The highest BCUT2D eigenvalue weighted by molar-refractivity contribution is 6.38. The number of likely N-dealkylation sites (N-methyl/N-ethyl adjacent to an activating group) is 1. The summed E-state index contributed by atoms with van der Waals surface area (Å²) in [5, 5.41) is 0.993. The number of hydrogen-bond donors (Lipinski definition) is 3. The number of amides is 1. The Labute approximate surface area is 177 Å². The van der Waals surface area contributed by atoms with Gasteiger partial charge in [-0.1, -0.05) is 30.3 Å². The third-order valence-corrected chi connectivity index (χ3v) is 4.81. The van der Waals surface area contributed by atoms with E-state index in [-0.39, 0.29) is 28.8 Å². The zero-order valence-electron chi connectivity index (χ0n) is 16.4. The molecule has 30 heavy (non-hydrogen) atoms. The van der Waals surface area contributed by atoms with Crippen LogP contribution < -0.4 is 11.5 Å². The lowest BCUT2D eigenvalue weighted by Crippen LogP contribution is -2.30. The number of hydrogen-bond acceptors (Lipinski definition) is 4. The van der Waals surface area contributed by atoms with Crippen molar-refractivity contribution < 1.29 is 9.18 Å². The van der Waals surface area contributed by atoms with Crippen LogP contribution in [0.3, 0.4) is 0 Å².